The molecule has 0 aliphatic heterocycles. The fourth-order valence-electron chi connectivity index (χ4n) is 0.930. The predicted molar refractivity (Wildman–Crippen MR) is 102 cm³/mol. The monoisotopic (exact) mass is 392 g/mol. The molecule has 0 saturated carbocycles. The van der Waals surface area contributed by atoms with Gasteiger partial charge in [-0.1, -0.05) is 17.3 Å². The van der Waals surface area contributed by atoms with E-state index in [9.17, 15) is 0 Å². The van der Waals surface area contributed by atoms with Crippen LogP contribution in [0.25, 0.3) is 0 Å². The molecule has 0 fully saturated rings. The number of aromatic nitrogens is 4. The van der Waals surface area contributed by atoms with E-state index in [0.717, 1.165) is 0 Å². The zero-order chi connectivity index (χ0) is 17.7. The molecule has 0 amide bonds. The molecular formula is C16H16N4O2S3. The van der Waals surface area contributed by atoms with Crippen molar-refractivity contribution in [3.05, 3.63) is 95.0 Å². The zero-order valence-electron chi connectivity index (χ0n) is 13.1. The third-order valence-electron chi connectivity index (χ3n) is 1.81. The van der Waals surface area contributed by atoms with E-state index in [4.69, 9.17) is 0 Å². The lowest BCUT2D eigenvalue weighted by Crippen LogP contribution is -1.38. The van der Waals surface area contributed by atoms with Crippen molar-refractivity contribution in [1.29, 1.82) is 0 Å². The number of nitrogens with zero attached hydrogens (tertiary/aromatic N) is 4. The van der Waals surface area contributed by atoms with Gasteiger partial charge in [0.25, 0.3) is 0 Å². The van der Waals surface area contributed by atoms with Gasteiger partial charge < -0.3 is 8.94 Å². The van der Waals surface area contributed by atoms with Crippen LogP contribution in [0.1, 0.15) is 0 Å². The van der Waals surface area contributed by atoms with Crippen LogP contribution in [0.15, 0.2) is 104 Å². The highest BCUT2D eigenvalue weighted by molar-refractivity contribution is 7.07. The molecular weight excluding hydrogens is 376 g/mol. The van der Waals surface area contributed by atoms with Gasteiger partial charge in [-0.2, -0.15) is 11.3 Å². The average molecular weight is 393 g/mol. The van der Waals surface area contributed by atoms with Crippen LogP contribution in [-0.2, 0) is 0 Å². The van der Waals surface area contributed by atoms with Gasteiger partial charge in [0.1, 0.15) is 12.5 Å². The Balaban J connectivity index is 0.000000156. The summed E-state index contributed by atoms with van der Waals surface area (Å²) in [7, 11) is 0. The van der Waals surface area contributed by atoms with Crippen LogP contribution in [0.5, 0.6) is 0 Å². The topological polar surface area (TPSA) is 77.8 Å². The molecule has 0 radical (unpaired) electrons. The van der Waals surface area contributed by atoms with Gasteiger partial charge >= 0.3 is 0 Å². The van der Waals surface area contributed by atoms with E-state index in [2.05, 4.69) is 28.4 Å². The Morgan fingerprint density at radius 3 is 1.80 bits per heavy atom. The fourth-order valence-corrected chi connectivity index (χ4v) is 2.09. The van der Waals surface area contributed by atoms with E-state index in [1.807, 2.05) is 39.7 Å². The first-order valence-electron chi connectivity index (χ1n) is 6.80. The minimum absolute atomic E-state index is 1.38. The Hall–Kier alpha value is -2.62. The Bertz CT molecular complexity index is 472. The summed E-state index contributed by atoms with van der Waals surface area (Å²) in [4.78, 5) is 7.30. The number of oxazole rings is 1. The van der Waals surface area contributed by atoms with E-state index >= 15 is 0 Å². The Labute approximate surface area is 157 Å². The standard InChI is InChI=1S/C4H4S.2C3H3NO.2C3H3NS/c1-2-4-5-3-1;1-2-5-3-4-1;1-2-4-5-3-1;1-2-5-3-4-1;1-2-4-5-3-1/h1-4H;4*1-3H. The van der Waals surface area contributed by atoms with Crippen LogP contribution in [0, 0.1) is 0 Å². The summed E-state index contributed by atoms with van der Waals surface area (Å²) in [6.07, 6.45) is 11.1. The van der Waals surface area contributed by atoms with Crippen LogP contribution < -0.4 is 0 Å². The highest BCUT2D eigenvalue weighted by Gasteiger charge is 1.61. The Kier molecular flexibility index (Phi) is 14.5. The summed E-state index contributed by atoms with van der Waals surface area (Å²) in [6, 6.07) is 7.67. The zero-order valence-corrected chi connectivity index (χ0v) is 15.5. The summed E-state index contributed by atoms with van der Waals surface area (Å²) >= 11 is 4.78. The van der Waals surface area contributed by atoms with Crippen molar-refractivity contribution in [3.63, 3.8) is 0 Å². The first-order valence-corrected chi connectivity index (χ1v) is 9.52. The minimum Gasteiger partial charge on any atom is -0.452 e. The van der Waals surface area contributed by atoms with Crippen LogP contribution in [0.2, 0.25) is 0 Å². The molecule has 0 atom stereocenters. The maximum atomic E-state index is 4.47. The molecule has 0 aliphatic rings. The third kappa shape index (κ3) is 16.0. The lowest BCUT2D eigenvalue weighted by atomic mass is 10.7. The fraction of sp³-hybridized carbons (Fsp3) is 0. The van der Waals surface area contributed by atoms with E-state index < -0.39 is 0 Å². The van der Waals surface area contributed by atoms with Crippen molar-refractivity contribution in [2.45, 2.75) is 0 Å². The van der Waals surface area contributed by atoms with Gasteiger partial charge in [0.05, 0.1) is 17.9 Å². The second-order valence-corrected chi connectivity index (χ2v) is 5.79. The number of hydrogen-bond donors (Lipinski definition) is 0. The van der Waals surface area contributed by atoms with Gasteiger partial charge in [-0.05, 0) is 34.4 Å². The molecule has 130 valence electrons. The maximum Gasteiger partial charge on any atom is 0.180 e. The summed E-state index contributed by atoms with van der Waals surface area (Å²) in [5.74, 6) is 0. The average Bonchev–Trinajstić information content (AvgIpc) is 3.55. The molecule has 5 aromatic rings. The van der Waals surface area contributed by atoms with E-state index in [-0.39, 0.29) is 0 Å². The predicted octanol–water partition coefficient (Wildman–Crippen LogP) is 5.38. The summed E-state index contributed by atoms with van der Waals surface area (Å²) in [5.41, 5.74) is 1.79. The van der Waals surface area contributed by atoms with Gasteiger partial charge in [0, 0.05) is 23.2 Å². The molecule has 25 heavy (non-hydrogen) atoms. The molecule has 0 spiro atoms. The number of thiazole rings is 1. The van der Waals surface area contributed by atoms with Gasteiger partial charge in [-0.3, -0.25) is 4.98 Å². The lowest BCUT2D eigenvalue weighted by molar-refractivity contribution is 0.420. The Morgan fingerprint density at radius 2 is 1.60 bits per heavy atom. The van der Waals surface area contributed by atoms with Crippen molar-refractivity contribution in [1.82, 2.24) is 19.5 Å². The van der Waals surface area contributed by atoms with E-state index in [0.29, 0.717) is 0 Å². The quantitative estimate of drug-likeness (QED) is 0.352. The van der Waals surface area contributed by atoms with Crippen LogP contribution in [0.3, 0.4) is 0 Å². The molecule has 0 N–H and O–H groups in total. The van der Waals surface area contributed by atoms with Crippen LogP contribution >= 0.6 is 34.2 Å². The lowest BCUT2D eigenvalue weighted by Gasteiger charge is -1.48. The largest absolute Gasteiger partial charge is 0.452 e. The molecule has 0 aromatic carbocycles. The smallest absolute Gasteiger partial charge is 0.180 e. The molecule has 0 unspecified atom stereocenters. The van der Waals surface area contributed by atoms with Crippen molar-refractivity contribution >= 4 is 34.2 Å². The van der Waals surface area contributed by atoms with Gasteiger partial charge in [-0.25, -0.2) is 9.36 Å². The maximum absolute atomic E-state index is 4.47. The number of rotatable bonds is 0. The van der Waals surface area contributed by atoms with Crippen molar-refractivity contribution in [3.8, 4) is 0 Å². The van der Waals surface area contributed by atoms with E-state index in [1.165, 1.54) is 30.5 Å². The molecule has 0 aliphatic carbocycles. The number of thiophene rings is 1. The van der Waals surface area contributed by atoms with Crippen molar-refractivity contribution in [2.75, 3.05) is 0 Å². The molecule has 5 aromatic heterocycles. The summed E-state index contributed by atoms with van der Waals surface area (Å²) in [6.45, 7) is 0. The molecule has 0 bridgehead atoms. The first-order chi connectivity index (χ1) is 12.5. The normalized spacial score (nSPS) is 8.00. The number of hydrogen-bond acceptors (Lipinski definition) is 9. The van der Waals surface area contributed by atoms with Gasteiger partial charge in [0.15, 0.2) is 6.39 Å². The molecule has 6 nitrogen and oxygen atoms in total. The van der Waals surface area contributed by atoms with Gasteiger partial charge in [-0.15, -0.1) is 11.3 Å². The highest BCUT2D eigenvalue weighted by Crippen LogP contribution is 1.91. The summed E-state index contributed by atoms with van der Waals surface area (Å²) in [5, 5.41) is 11.3. The molecule has 5 heterocycles. The van der Waals surface area contributed by atoms with Crippen LogP contribution in [-0.4, -0.2) is 19.5 Å². The van der Waals surface area contributed by atoms with Crippen molar-refractivity contribution < 1.29 is 8.94 Å². The second kappa shape index (κ2) is 17.7. The van der Waals surface area contributed by atoms with Crippen LogP contribution in [0.4, 0.5) is 0 Å². The van der Waals surface area contributed by atoms with Gasteiger partial charge in [0.2, 0.25) is 0 Å². The molecule has 0 saturated heterocycles. The second-order valence-electron chi connectivity index (χ2n) is 3.52. The summed E-state index contributed by atoms with van der Waals surface area (Å²) < 4.78 is 12.6. The third-order valence-corrected chi connectivity index (χ3v) is 3.49. The molecule has 5 rings (SSSR count). The van der Waals surface area contributed by atoms with Crippen molar-refractivity contribution in [2.24, 2.45) is 0 Å². The SMILES string of the molecule is c1ccsc1.c1cnoc1.c1cnsc1.c1cocn1.c1cscn1. The highest BCUT2D eigenvalue weighted by atomic mass is 32.1. The van der Waals surface area contributed by atoms with E-state index in [1.54, 1.807) is 59.0 Å². The Morgan fingerprint density at radius 1 is 0.680 bits per heavy atom. The molecule has 9 heteroatoms. The minimum atomic E-state index is 1.38. The first kappa shape index (κ1) is 20.4.